The molecule has 9 heteroatoms. The fraction of sp³-hybridized carbons (Fsp3) is 0.625. The number of rotatable bonds is 7. The molecule has 3 amide bonds. The van der Waals surface area contributed by atoms with E-state index in [1.54, 1.807) is 19.1 Å². The third-order valence-electron chi connectivity index (χ3n) is 7.50. The molecule has 3 aliphatic rings. The Labute approximate surface area is 199 Å². The van der Waals surface area contributed by atoms with Gasteiger partial charge in [-0.2, -0.15) is 0 Å². The summed E-state index contributed by atoms with van der Waals surface area (Å²) in [5, 5.41) is 16.1. The van der Waals surface area contributed by atoms with E-state index < -0.39 is 41.0 Å². The van der Waals surface area contributed by atoms with E-state index in [9.17, 15) is 19.5 Å². The minimum Gasteiger partial charge on any atom is -0.394 e. The number of halogens is 1. The first-order chi connectivity index (χ1) is 15.6. The summed E-state index contributed by atoms with van der Waals surface area (Å²) in [6.45, 7) is 7.54. The Morgan fingerprint density at radius 1 is 1.33 bits per heavy atom. The molecule has 4 rings (SSSR count). The van der Waals surface area contributed by atoms with Crippen LogP contribution in [0.5, 0.6) is 0 Å². The van der Waals surface area contributed by atoms with Crippen molar-refractivity contribution in [1.29, 1.82) is 0 Å². The lowest BCUT2D eigenvalue weighted by Crippen LogP contribution is -2.56. The number of aryl methyl sites for hydroxylation is 1. The molecule has 0 radical (unpaired) electrons. The Balaban J connectivity index is 1.75. The highest BCUT2D eigenvalue weighted by molar-refractivity contribution is 6.34. The highest BCUT2D eigenvalue weighted by Crippen LogP contribution is 2.63. The predicted octanol–water partition coefficient (Wildman–Crippen LogP) is 2.26. The fourth-order valence-electron chi connectivity index (χ4n) is 5.97. The highest BCUT2D eigenvalue weighted by atomic mass is 35.5. The summed E-state index contributed by atoms with van der Waals surface area (Å²) < 4.78 is 6.51. The largest absolute Gasteiger partial charge is 0.394 e. The standard InChI is InChI=1S/C24H32ClN3O5/c1-5-11-26-20(30)16-17-22(32)28(14(3)12-29)19(24(17)10-9-23(16,4)33-24)21(31)27-18-13(2)7-6-8-15(18)25/h6-8,14,16-17,19,29H,5,9-12H2,1-4H3,(H,26,30)(H,27,31)/t14-,16+,17+,19?,23-,24?/m1/s1. The molecule has 2 bridgehead atoms. The van der Waals surface area contributed by atoms with Crippen LogP contribution in [0.25, 0.3) is 0 Å². The second kappa shape index (κ2) is 8.56. The van der Waals surface area contributed by atoms with E-state index in [-0.39, 0.29) is 18.4 Å². The molecule has 33 heavy (non-hydrogen) atoms. The molecule has 2 unspecified atom stereocenters. The van der Waals surface area contributed by atoms with Gasteiger partial charge in [-0.3, -0.25) is 14.4 Å². The Bertz CT molecular complexity index is 967. The van der Waals surface area contributed by atoms with Crippen LogP contribution in [0.1, 0.15) is 45.6 Å². The number of amides is 3. The molecule has 6 atom stereocenters. The predicted molar refractivity (Wildman–Crippen MR) is 124 cm³/mol. The summed E-state index contributed by atoms with van der Waals surface area (Å²) in [5.74, 6) is -2.46. The third kappa shape index (κ3) is 3.54. The first kappa shape index (κ1) is 24.0. The Kier molecular flexibility index (Phi) is 6.22. The number of hydrogen-bond acceptors (Lipinski definition) is 5. The van der Waals surface area contributed by atoms with Gasteiger partial charge in [0.1, 0.15) is 11.6 Å². The number of nitrogens with zero attached hydrogens (tertiary/aromatic N) is 1. The zero-order valence-electron chi connectivity index (χ0n) is 19.5. The van der Waals surface area contributed by atoms with Crippen molar-refractivity contribution in [2.45, 2.75) is 70.2 Å². The molecule has 1 spiro atoms. The van der Waals surface area contributed by atoms with Crippen molar-refractivity contribution < 1.29 is 24.2 Å². The first-order valence-electron chi connectivity index (χ1n) is 11.6. The average Bonchev–Trinajstić information content (AvgIpc) is 3.35. The zero-order chi connectivity index (χ0) is 24.1. The highest BCUT2D eigenvalue weighted by Gasteiger charge is 2.78. The second-order valence-corrected chi connectivity index (χ2v) is 10.1. The van der Waals surface area contributed by atoms with Crippen molar-refractivity contribution in [2.24, 2.45) is 11.8 Å². The lowest BCUT2D eigenvalue weighted by molar-refractivity contribution is -0.147. The number of carbonyl (C=O) groups excluding carboxylic acids is 3. The number of aliphatic hydroxyl groups is 1. The number of likely N-dealkylation sites (tertiary alicyclic amines) is 1. The summed E-state index contributed by atoms with van der Waals surface area (Å²) in [7, 11) is 0. The van der Waals surface area contributed by atoms with Gasteiger partial charge >= 0.3 is 0 Å². The maximum atomic E-state index is 13.8. The molecule has 0 saturated carbocycles. The van der Waals surface area contributed by atoms with Crippen molar-refractivity contribution in [1.82, 2.24) is 10.2 Å². The van der Waals surface area contributed by atoms with Crippen LogP contribution in [0.4, 0.5) is 5.69 Å². The summed E-state index contributed by atoms with van der Waals surface area (Å²) in [6, 6.07) is 3.72. The monoisotopic (exact) mass is 477 g/mol. The third-order valence-corrected chi connectivity index (χ3v) is 7.82. The molecule has 180 valence electrons. The van der Waals surface area contributed by atoms with Gasteiger partial charge in [-0.1, -0.05) is 30.7 Å². The van der Waals surface area contributed by atoms with Crippen LogP contribution >= 0.6 is 11.6 Å². The van der Waals surface area contributed by atoms with Gasteiger partial charge in [0.2, 0.25) is 17.7 Å². The van der Waals surface area contributed by atoms with Gasteiger partial charge in [-0.25, -0.2) is 0 Å². The van der Waals surface area contributed by atoms with Crippen molar-refractivity contribution in [3.63, 3.8) is 0 Å². The van der Waals surface area contributed by atoms with Crippen molar-refractivity contribution in [3.8, 4) is 0 Å². The Hall–Kier alpha value is -2.16. The van der Waals surface area contributed by atoms with Gasteiger partial charge in [-0.05, 0) is 51.7 Å². The molecular weight excluding hydrogens is 446 g/mol. The molecule has 3 heterocycles. The van der Waals surface area contributed by atoms with E-state index >= 15 is 0 Å². The molecule has 3 fully saturated rings. The smallest absolute Gasteiger partial charge is 0.250 e. The van der Waals surface area contributed by atoms with E-state index in [2.05, 4.69) is 10.6 Å². The van der Waals surface area contributed by atoms with Crippen LogP contribution in [0.15, 0.2) is 18.2 Å². The molecule has 3 saturated heterocycles. The number of fused-ring (bicyclic) bond motifs is 1. The van der Waals surface area contributed by atoms with E-state index in [1.807, 2.05) is 26.8 Å². The fourth-order valence-corrected chi connectivity index (χ4v) is 6.24. The molecule has 0 aliphatic carbocycles. The number of hydrogen-bond donors (Lipinski definition) is 3. The molecular formula is C24H32ClN3O5. The Morgan fingerprint density at radius 2 is 2.06 bits per heavy atom. The van der Waals surface area contributed by atoms with Crippen molar-refractivity contribution >= 4 is 35.0 Å². The number of aliphatic hydroxyl groups excluding tert-OH is 1. The van der Waals surface area contributed by atoms with Crippen LogP contribution < -0.4 is 10.6 Å². The molecule has 8 nitrogen and oxygen atoms in total. The minimum absolute atomic E-state index is 0.223. The number of anilines is 1. The van der Waals surface area contributed by atoms with Crippen LogP contribution in [-0.4, -0.2) is 64.2 Å². The lowest BCUT2D eigenvalue weighted by atomic mass is 9.66. The van der Waals surface area contributed by atoms with Crippen LogP contribution in [0, 0.1) is 18.8 Å². The summed E-state index contributed by atoms with van der Waals surface area (Å²) in [6.07, 6.45) is 1.82. The van der Waals surface area contributed by atoms with Gasteiger partial charge in [0, 0.05) is 6.54 Å². The average molecular weight is 478 g/mol. The molecule has 3 N–H and O–H groups in total. The van der Waals surface area contributed by atoms with Crippen LogP contribution in [0.2, 0.25) is 5.02 Å². The Morgan fingerprint density at radius 3 is 2.70 bits per heavy atom. The maximum Gasteiger partial charge on any atom is 0.250 e. The topological polar surface area (TPSA) is 108 Å². The van der Waals surface area contributed by atoms with Gasteiger partial charge in [-0.15, -0.1) is 0 Å². The number of ether oxygens (including phenoxy) is 1. The van der Waals surface area contributed by atoms with E-state index in [0.29, 0.717) is 30.1 Å². The van der Waals surface area contributed by atoms with Crippen LogP contribution in [0.3, 0.4) is 0 Å². The normalized spacial score (nSPS) is 33.2. The number of benzene rings is 1. The van der Waals surface area contributed by atoms with Gasteiger partial charge < -0.3 is 25.4 Å². The number of para-hydroxylation sites is 1. The van der Waals surface area contributed by atoms with Crippen molar-refractivity contribution in [2.75, 3.05) is 18.5 Å². The van der Waals surface area contributed by atoms with Gasteiger partial charge in [0.05, 0.1) is 40.8 Å². The quantitative estimate of drug-likeness (QED) is 0.558. The first-order valence-corrected chi connectivity index (χ1v) is 12.0. The van der Waals surface area contributed by atoms with Gasteiger partial charge in [0.25, 0.3) is 0 Å². The van der Waals surface area contributed by atoms with E-state index in [0.717, 1.165) is 12.0 Å². The molecule has 0 aromatic heterocycles. The molecule has 3 aliphatic heterocycles. The lowest BCUT2D eigenvalue weighted by Gasteiger charge is -2.35. The molecule has 1 aromatic carbocycles. The summed E-state index contributed by atoms with van der Waals surface area (Å²) in [4.78, 5) is 42.1. The minimum atomic E-state index is -1.14. The summed E-state index contributed by atoms with van der Waals surface area (Å²) in [5.41, 5.74) is -0.700. The van der Waals surface area contributed by atoms with Crippen LogP contribution in [-0.2, 0) is 19.1 Å². The summed E-state index contributed by atoms with van der Waals surface area (Å²) >= 11 is 6.34. The molecule has 1 aromatic rings. The van der Waals surface area contributed by atoms with Crippen molar-refractivity contribution in [3.05, 3.63) is 28.8 Å². The maximum absolute atomic E-state index is 13.8. The van der Waals surface area contributed by atoms with E-state index in [4.69, 9.17) is 16.3 Å². The van der Waals surface area contributed by atoms with Gasteiger partial charge in [0.15, 0.2) is 0 Å². The van der Waals surface area contributed by atoms with E-state index in [1.165, 1.54) is 4.90 Å². The SMILES string of the molecule is CCCNC(=O)[C@@H]1[C@H]2C(=O)N([C@H](C)CO)C(C(=O)Nc3c(C)cccc3Cl)C23CC[C@@]1(C)O3. The number of carbonyl (C=O) groups is 3. The second-order valence-electron chi connectivity index (χ2n) is 9.72. The number of nitrogens with one attached hydrogen (secondary N) is 2. The zero-order valence-corrected chi connectivity index (χ0v) is 20.2.